The van der Waals surface area contributed by atoms with E-state index in [1.165, 1.54) is 0 Å². The Hall–Kier alpha value is -0.640. The Morgan fingerprint density at radius 1 is 1.42 bits per heavy atom. The van der Waals surface area contributed by atoms with Gasteiger partial charge in [-0.25, -0.2) is 0 Å². The second-order valence-corrected chi connectivity index (χ2v) is 3.73. The maximum absolute atomic E-state index is 11.4. The Morgan fingerprint density at radius 3 is 2.42 bits per heavy atom. The van der Waals surface area contributed by atoms with Crippen LogP contribution >= 0.6 is 12.6 Å². The molecule has 0 aliphatic carbocycles. The summed E-state index contributed by atoms with van der Waals surface area (Å²) in [6, 6.07) is 0. The first-order valence-electron chi connectivity index (χ1n) is 3.98. The zero-order valence-electron chi connectivity index (χ0n) is 7.51. The first-order chi connectivity index (χ1) is 5.52. The monoisotopic (exact) mass is 186 g/mol. The molecule has 0 aromatic rings. The molecule has 0 fully saturated rings. The molecule has 0 saturated heterocycles. The fourth-order valence-electron chi connectivity index (χ4n) is 1.39. The van der Waals surface area contributed by atoms with Crippen molar-refractivity contribution in [3.63, 3.8) is 0 Å². The highest BCUT2D eigenvalue weighted by Crippen LogP contribution is 2.17. The largest absolute Gasteiger partial charge is 0.360 e. The van der Waals surface area contributed by atoms with E-state index in [2.05, 4.69) is 23.3 Å². The lowest BCUT2D eigenvalue weighted by Gasteiger charge is -2.26. The molecule has 0 aromatic heterocycles. The van der Waals surface area contributed by atoms with Crippen LogP contribution in [-0.4, -0.2) is 11.4 Å². The van der Waals surface area contributed by atoms with E-state index in [0.717, 1.165) is 11.3 Å². The summed E-state index contributed by atoms with van der Waals surface area (Å²) < 4.78 is 0. The smallest absolute Gasteiger partial charge is 0.251 e. The van der Waals surface area contributed by atoms with E-state index in [1.54, 1.807) is 0 Å². The van der Waals surface area contributed by atoms with E-state index in [1.807, 2.05) is 20.8 Å². The Kier molecular flexibility index (Phi) is 2.67. The Morgan fingerprint density at radius 2 is 2.00 bits per heavy atom. The summed E-state index contributed by atoms with van der Waals surface area (Å²) in [5.74, 6) is 0.236. The van der Waals surface area contributed by atoms with Crippen LogP contribution in [0.3, 0.4) is 0 Å². The molecule has 1 aliphatic heterocycles. The molecule has 1 rings (SSSR count). The lowest BCUT2D eigenvalue weighted by molar-refractivity contribution is -0.118. The first-order valence-corrected chi connectivity index (χ1v) is 4.50. The number of allylic oxidation sites excluding steroid dienone is 1. The van der Waals surface area contributed by atoms with Gasteiger partial charge in [-0.3, -0.25) is 4.79 Å². The normalized spacial score (nSPS) is 24.1. The zero-order chi connectivity index (χ0) is 9.30. The fraction of sp³-hybridized carbons (Fsp3) is 0.625. The number of nitrogens with one attached hydrogen (secondary N) is 2. The van der Waals surface area contributed by atoms with E-state index in [4.69, 9.17) is 0 Å². The molecule has 4 heteroatoms. The van der Waals surface area contributed by atoms with E-state index < -0.39 is 0 Å². The molecular weight excluding hydrogens is 172 g/mol. The molecule has 3 nitrogen and oxygen atoms in total. The van der Waals surface area contributed by atoms with Crippen molar-refractivity contribution >= 4 is 18.5 Å². The van der Waals surface area contributed by atoms with Crippen LogP contribution < -0.4 is 10.6 Å². The summed E-state index contributed by atoms with van der Waals surface area (Å²) >= 11 is 4.11. The van der Waals surface area contributed by atoms with Crippen molar-refractivity contribution in [3.8, 4) is 0 Å². The van der Waals surface area contributed by atoms with Gasteiger partial charge in [-0.05, 0) is 12.8 Å². The topological polar surface area (TPSA) is 41.1 Å². The van der Waals surface area contributed by atoms with Gasteiger partial charge in [0, 0.05) is 11.3 Å². The van der Waals surface area contributed by atoms with Gasteiger partial charge in [-0.2, -0.15) is 0 Å². The van der Waals surface area contributed by atoms with Gasteiger partial charge in [0.15, 0.2) is 0 Å². The minimum absolute atomic E-state index is 0.0127. The van der Waals surface area contributed by atoms with Gasteiger partial charge in [0.1, 0.15) is 5.50 Å². The predicted octanol–water partition coefficient (Wildman–Crippen LogP) is 0.849. The van der Waals surface area contributed by atoms with Crippen LogP contribution in [0.5, 0.6) is 0 Å². The minimum atomic E-state index is -0.250. The van der Waals surface area contributed by atoms with E-state index >= 15 is 0 Å². The van der Waals surface area contributed by atoms with Crippen molar-refractivity contribution in [2.75, 3.05) is 0 Å². The summed E-state index contributed by atoms with van der Waals surface area (Å²) in [6.45, 7) is 5.90. The average Bonchev–Trinajstić information content (AvgIpc) is 1.82. The third-order valence-electron chi connectivity index (χ3n) is 1.85. The van der Waals surface area contributed by atoms with Crippen LogP contribution in [0.1, 0.15) is 20.8 Å². The van der Waals surface area contributed by atoms with Gasteiger partial charge >= 0.3 is 0 Å². The molecule has 68 valence electrons. The molecule has 1 aliphatic rings. The molecule has 12 heavy (non-hydrogen) atoms. The molecule has 0 spiro atoms. The summed E-state index contributed by atoms with van der Waals surface area (Å²) in [6.07, 6.45) is 0. The SMILES string of the molecule is CC1=C(C(C)C)C(=O)NC(S)N1. The van der Waals surface area contributed by atoms with Crippen molar-refractivity contribution in [1.29, 1.82) is 0 Å². The van der Waals surface area contributed by atoms with Crippen molar-refractivity contribution in [1.82, 2.24) is 10.6 Å². The lowest BCUT2D eigenvalue weighted by Crippen LogP contribution is -2.47. The van der Waals surface area contributed by atoms with E-state index in [-0.39, 0.29) is 17.3 Å². The summed E-state index contributed by atoms with van der Waals surface area (Å²) in [4.78, 5) is 11.4. The molecule has 1 atom stereocenters. The van der Waals surface area contributed by atoms with Crippen LogP contribution in [0, 0.1) is 5.92 Å². The van der Waals surface area contributed by atoms with Gasteiger partial charge in [-0.15, -0.1) is 12.6 Å². The maximum atomic E-state index is 11.4. The van der Waals surface area contributed by atoms with Gasteiger partial charge < -0.3 is 10.6 Å². The number of carbonyl (C=O) groups excluding carboxylic acids is 1. The van der Waals surface area contributed by atoms with Gasteiger partial charge in [0.25, 0.3) is 5.91 Å². The molecule has 0 radical (unpaired) electrons. The van der Waals surface area contributed by atoms with Crippen molar-refractivity contribution < 1.29 is 4.79 Å². The third-order valence-corrected chi connectivity index (χ3v) is 2.11. The lowest BCUT2D eigenvalue weighted by atomic mass is 9.99. The highest BCUT2D eigenvalue weighted by molar-refractivity contribution is 7.80. The van der Waals surface area contributed by atoms with Crippen LogP contribution in [0.4, 0.5) is 0 Å². The molecule has 0 bridgehead atoms. The Bertz CT molecular complexity index is 235. The quantitative estimate of drug-likeness (QED) is 0.531. The van der Waals surface area contributed by atoms with Crippen LogP contribution in [-0.2, 0) is 4.79 Å². The van der Waals surface area contributed by atoms with Crippen molar-refractivity contribution in [2.45, 2.75) is 26.3 Å². The Labute approximate surface area is 78.0 Å². The highest BCUT2D eigenvalue weighted by Gasteiger charge is 2.23. The fourth-order valence-corrected chi connectivity index (χ4v) is 1.70. The number of hydrogen-bond donors (Lipinski definition) is 3. The number of amides is 1. The van der Waals surface area contributed by atoms with Crippen molar-refractivity contribution in [3.05, 3.63) is 11.3 Å². The number of rotatable bonds is 1. The van der Waals surface area contributed by atoms with E-state index in [0.29, 0.717) is 0 Å². The predicted molar refractivity (Wildman–Crippen MR) is 51.6 cm³/mol. The highest BCUT2D eigenvalue weighted by atomic mass is 32.1. The van der Waals surface area contributed by atoms with Crippen molar-refractivity contribution in [2.24, 2.45) is 5.92 Å². The molecule has 0 saturated carbocycles. The number of carbonyl (C=O) groups is 1. The molecule has 2 N–H and O–H groups in total. The molecule has 1 heterocycles. The minimum Gasteiger partial charge on any atom is -0.360 e. The van der Waals surface area contributed by atoms with Crippen LogP contribution in [0.15, 0.2) is 11.3 Å². The van der Waals surface area contributed by atoms with Crippen LogP contribution in [0.25, 0.3) is 0 Å². The van der Waals surface area contributed by atoms with Crippen LogP contribution in [0.2, 0.25) is 0 Å². The second kappa shape index (κ2) is 3.39. The molecular formula is C8H14N2OS. The zero-order valence-corrected chi connectivity index (χ0v) is 8.40. The maximum Gasteiger partial charge on any atom is 0.251 e. The molecule has 0 aromatic carbocycles. The molecule has 1 unspecified atom stereocenters. The number of hydrogen-bond acceptors (Lipinski definition) is 3. The van der Waals surface area contributed by atoms with E-state index in [9.17, 15) is 4.79 Å². The first kappa shape index (κ1) is 9.45. The molecule has 1 amide bonds. The summed E-state index contributed by atoms with van der Waals surface area (Å²) in [5.41, 5.74) is 1.49. The standard InChI is InChI=1S/C8H14N2OS/c1-4(2)6-5(3)9-8(12)10-7(6)11/h4,8-9,12H,1-3H3,(H,10,11). The second-order valence-electron chi connectivity index (χ2n) is 3.21. The summed E-state index contributed by atoms with van der Waals surface area (Å²) in [7, 11) is 0. The summed E-state index contributed by atoms with van der Waals surface area (Å²) in [5, 5.41) is 5.75. The average molecular weight is 186 g/mol. The van der Waals surface area contributed by atoms with Gasteiger partial charge in [-0.1, -0.05) is 13.8 Å². The Balaban J connectivity index is 2.93. The van der Waals surface area contributed by atoms with Gasteiger partial charge in [0.2, 0.25) is 0 Å². The number of thiol groups is 1. The third kappa shape index (κ3) is 1.75. The van der Waals surface area contributed by atoms with Gasteiger partial charge in [0.05, 0.1) is 0 Å².